The van der Waals surface area contributed by atoms with Gasteiger partial charge in [-0.15, -0.1) is 0 Å². The van der Waals surface area contributed by atoms with Gasteiger partial charge in [-0.2, -0.15) is 0 Å². The fourth-order valence-corrected chi connectivity index (χ4v) is 2.54. The van der Waals surface area contributed by atoms with Gasteiger partial charge in [-0.25, -0.2) is 27.4 Å². The van der Waals surface area contributed by atoms with Gasteiger partial charge in [0.25, 0.3) is 11.8 Å². The number of benzene rings is 2. The van der Waals surface area contributed by atoms with E-state index in [0.717, 1.165) is 0 Å². The van der Waals surface area contributed by atoms with Crippen molar-refractivity contribution in [3.63, 3.8) is 0 Å². The highest BCUT2D eigenvalue weighted by molar-refractivity contribution is 6.10. The zero-order valence-electron chi connectivity index (χ0n) is 21.4. The maximum atomic E-state index is 14.9. The molecule has 0 aliphatic carbocycles. The minimum absolute atomic E-state index is 0.522. The van der Waals surface area contributed by atoms with Crippen LogP contribution in [0.2, 0.25) is 0 Å². The van der Waals surface area contributed by atoms with Crippen LogP contribution < -0.4 is 10.8 Å². The summed E-state index contributed by atoms with van der Waals surface area (Å²) in [7, 11) is -3.05. The van der Waals surface area contributed by atoms with Gasteiger partial charge in [-0.1, -0.05) is 12.1 Å². The van der Waals surface area contributed by atoms with E-state index in [4.69, 9.17) is 14.3 Å². The summed E-state index contributed by atoms with van der Waals surface area (Å²) in [6.07, 6.45) is 0. The van der Waals surface area contributed by atoms with Crippen molar-refractivity contribution in [2.45, 2.75) is 0 Å². The molecule has 3 rings (SSSR count). The maximum Gasteiger partial charge on any atom is 0.273 e. The molecule has 2 aromatic rings. The summed E-state index contributed by atoms with van der Waals surface area (Å²) in [6.45, 7) is -1.18. The van der Waals surface area contributed by atoms with Crippen molar-refractivity contribution < 1.29 is 50.7 Å². The summed E-state index contributed by atoms with van der Waals surface area (Å²) >= 11 is 0. The fourth-order valence-electron chi connectivity index (χ4n) is 2.54. The second-order valence-corrected chi connectivity index (χ2v) is 5.63. The molecule has 0 radical (unpaired) electrons. The molecule has 11 heteroatoms. The van der Waals surface area contributed by atoms with Crippen LogP contribution in [0.25, 0.3) is 11.1 Å². The van der Waals surface area contributed by atoms with E-state index >= 15 is 0 Å². The van der Waals surface area contributed by atoms with E-state index in [1.54, 1.807) is 0 Å². The molecule has 2 aromatic carbocycles. The Morgan fingerprint density at radius 1 is 1.03 bits per heavy atom. The molecule has 158 valence electrons. The van der Waals surface area contributed by atoms with Gasteiger partial charge in [-0.3, -0.25) is 14.4 Å². The van der Waals surface area contributed by atoms with Crippen molar-refractivity contribution in [1.29, 1.82) is 0 Å². The molecule has 2 amide bonds. The van der Waals surface area contributed by atoms with Gasteiger partial charge in [-0.05, 0) is 17.6 Å². The average Bonchev–Trinajstić information content (AvgIpc) is 3.33. The summed E-state index contributed by atoms with van der Waals surface area (Å²) in [5, 5.41) is 1.53. The quantitative estimate of drug-likeness (QED) is 0.430. The Bertz CT molecular complexity index is 1310. The molecule has 1 heterocycles. The second-order valence-electron chi connectivity index (χ2n) is 5.63. The highest BCUT2D eigenvalue weighted by Crippen LogP contribution is 2.35. The first-order chi connectivity index (χ1) is 17.1. The molecular formula is C19H13F5N2O4. The first kappa shape index (κ1) is 13.8. The molecule has 1 aliphatic heterocycles. The van der Waals surface area contributed by atoms with Crippen molar-refractivity contribution in [2.24, 2.45) is 0 Å². The topological polar surface area (TPSA) is 76.7 Å². The molecule has 0 bridgehead atoms. The SMILES string of the molecule is [2H]c1c([2H])c(F)c([2H])c(-c2c(F)c(F)c(NC(=O)C3=C(C(=O)NOC([2H])([2H])[2H])COC3)c(F)c2F)c1[2H]. The number of hydrogen-bond donors (Lipinski definition) is 2. The zero-order chi connectivity index (χ0) is 28.0. The van der Waals surface area contributed by atoms with Crippen molar-refractivity contribution >= 4 is 17.5 Å². The first-order valence-electron chi connectivity index (χ1n) is 11.3. The van der Waals surface area contributed by atoms with Crippen molar-refractivity contribution in [2.75, 3.05) is 25.6 Å². The molecule has 6 nitrogen and oxygen atoms in total. The van der Waals surface area contributed by atoms with Gasteiger partial charge in [0.05, 0.1) is 46.6 Å². The number of carbonyl (C=O) groups excluding carboxylic acids is 2. The number of nitrogens with one attached hydrogen (secondary N) is 2. The van der Waals surface area contributed by atoms with E-state index < -0.39 is 113 Å². The predicted octanol–water partition coefficient (Wildman–Crippen LogP) is 2.99. The van der Waals surface area contributed by atoms with Gasteiger partial charge in [0.15, 0.2) is 23.3 Å². The molecule has 0 atom stereocenters. The normalized spacial score (nSPS) is 17.3. The molecule has 0 saturated heterocycles. The Kier molecular flexibility index (Phi) is 3.96. The number of hydrogen-bond acceptors (Lipinski definition) is 4. The van der Waals surface area contributed by atoms with Crippen LogP contribution in [-0.4, -0.2) is 32.1 Å². The van der Waals surface area contributed by atoms with Crippen LogP contribution in [0, 0.1) is 29.1 Å². The van der Waals surface area contributed by atoms with Crippen molar-refractivity contribution in [3.05, 3.63) is 64.4 Å². The van der Waals surface area contributed by atoms with Crippen LogP contribution in [0.3, 0.4) is 0 Å². The Morgan fingerprint density at radius 3 is 2.30 bits per heavy atom. The number of halogens is 5. The van der Waals surface area contributed by atoms with Crippen LogP contribution >= 0.6 is 0 Å². The van der Waals surface area contributed by atoms with Crippen LogP contribution in [-0.2, 0) is 19.2 Å². The van der Waals surface area contributed by atoms with Gasteiger partial charge in [0, 0.05) is 0 Å². The molecule has 30 heavy (non-hydrogen) atoms. The lowest BCUT2D eigenvalue weighted by molar-refractivity contribution is -0.127. The minimum atomic E-state index is -3.05. The third-order valence-electron chi connectivity index (χ3n) is 3.90. The summed E-state index contributed by atoms with van der Waals surface area (Å²) in [5.41, 5.74) is -4.35. The summed E-state index contributed by atoms with van der Waals surface area (Å²) in [4.78, 5) is 28.7. The smallest absolute Gasteiger partial charge is 0.273 e. The third kappa shape index (κ3) is 3.89. The lowest BCUT2D eigenvalue weighted by atomic mass is 10.0. The number of rotatable bonds is 5. The number of ether oxygens (including phenoxy) is 1. The molecule has 0 fully saturated rings. The van der Waals surface area contributed by atoms with Crippen molar-refractivity contribution in [3.8, 4) is 11.1 Å². The van der Waals surface area contributed by atoms with E-state index in [1.165, 1.54) is 10.8 Å². The molecule has 0 aromatic heterocycles. The summed E-state index contributed by atoms with van der Waals surface area (Å²) in [5.74, 6) is -13.5. The molecule has 1 aliphatic rings. The van der Waals surface area contributed by atoms with E-state index in [-0.39, 0.29) is 0 Å². The summed E-state index contributed by atoms with van der Waals surface area (Å²) < 4.78 is 129. The fraction of sp³-hybridized carbons (Fsp3) is 0.158. The maximum absolute atomic E-state index is 14.9. The Balaban J connectivity index is 2.05. The highest BCUT2D eigenvalue weighted by atomic mass is 19.2. The van der Waals surface area contributed by atoms with Crippen LogP contribution in [0.1, 0.15) is 9.60 Å². The number of hydroxylamine groups is 1. The Hall–Kier alpha value is -3.31. The van der Waals surface area contributed by atoms with E-state index in [2.05, 4.69) is 4.84 Å². The zero-order valence-corrected chi connectivity index (χ0v) is 14.4. The third-order valence-corrected chi connectivity index (χ3v) is 3.90. The lowest BCUT2D eigenvalue weighted by Gasteiger charge is -2.14. The van der Waals surface area contributed by atoms with Crippen LogP contribution in [0.4, 0.5) is 27.6 Å². The van der Waals surface area contributed by atoms with Gasteiger partial charge in [0.2, 0.25) is 0 Å². The molecule has 0 unspecified atom stereocenters. The molecule has 0 spiro atoms. The first-order valence-corrected chi connectivity index (χ1v) is 7.80. The van der Waals surface area contributed by atoms with Crippen LogP contribution in [0.5, 0.6) is 0 Å². The second kappa shape index (κ2) is 8.59. The standard InChI is InChI=1S/C19H13F5N2O4/c1-29-26-19(28)11-7-30-6-10(11)18(27)25-17-15(23)13(21)12(14(22)16(17)24)8-3-2-4-9(20)5-8/h2-5H,6-7H2,1H3,(H,25,27)(H,26,28)/i1D3,2D,3D,4D,5D. The molecular weight excluding hydrogens is 415 g/mol. The number of carbonyl (C=O) groups is 2. The monoisotopic (exact) mass is 435 g/mol. The van der Waals surface area contributed by atoms with Gasteiger partial charge >= 0.3 is 0 Å². The molecule has 2 N–H and O–H groups in total. The van der Waals surface area contributed by atoms with Crippen molar-refractivity contribution in [1.82, 2.24) is 5.48 Å². The van der Waals surface area contributed by atoms with Gasteiger partial charge < -0.3 is 10.1 Å². The number of amides is 2. The highest BCUT2D eigenvalue weighted by Gasteiger charge is 2.31. The summed E-state index contributed by atoms with van der Waals surface area (Å²) in [6, 6.07) is -5.18. The Morgan fingerprint density at radius 2 is 1.67 bits per heavy atom. The van der Waals surface area contributed by atoms with E-state index in [9.17, 15) is 31.5 Å². The number of anilines is 1. The van der Waals surface area contributed by atoms with Crippen LogP contribution in [0.15, 0.2) is 35.3 Å². The predicted molar refractivity (Wildman–Crippen MR) is 93.3 cm³/mol. The largest absolute Gasteiger partial charge is 0.372 e. The van der Waals surface area contributed by atoms with E-state index in [0.29, 0.717) is 0 Å². The van der Waals surface area contributed by atoms with Gasteiger partial charge in [0.1, 0.15) is 11.5 Å². The molecule has 0 saturated carbocycles. The average molecular weight is 435 g/mol. The minimum Gasteiger partial charge on any atom is -0.372 e. The lowest BCUT2D eigenvalue weighted by Crippen LogP contribution is -2.27. The van der Waals surface area contributed by atoms with E-state index in [1.807, 2.05) is 0 Å². The Labute approximate surface area is 176 Å².